The maximum Gasteiger partial charge on any atom is 0.232 e. The van der Waals surface area contributed by atoms with E-state index in [1.54, 1.807) is 11.2 Å². The highest BCUT2D eigenvalue weighted by Gasteiger charge is 2.24. The normalized spacial score (nSPS) is 17.9. The Hall–Kier alpha value is -1.79. The van der Waals surface area contributed by atoms with E-state index in [-0.39, 0.29) is 12.0 Å². The molecule has 1 aromatic carbocycles. The van der Waals surface area contributed by atoms with Gasteiger partial charge in [0.1, 0.15) is 6.26 Å². The lowest BCUT2D eigenvalue weighted by Gasteiger charge is -2.14. The Balaban J connectivity index is 1.48. The van der Waals surface area contributed by atoms with Crippen molar-refractivity contribution in [3.05, 3.63) is 42.3 Å². The Morgan fingerprint density at radius 1 is 1.41 bits per heavy atom. The Labute approximate surface area is 133 Å². The van der Waals surface area contributed by atoms with Crippen molar-refractivity contribution in [3.63, 3.8) is 0 Å². The molecule has 0 aliphatic carbocycles. The fourth-order valence-electron chi connectivity index (χ4n) is 2.39. The zero-order valence-corrected chi connectivity index (χ0v) is 13.0. The average molecular weight is 318 g/mol. The van der Waals surface area contributed by atoms with Gasteiger partial charge in [-0.25, -0.2) is 4.98 Å². The molecule has 2 aromatic rings. The lowest BCUT2D eigenvalue weighted by Crippen LogP contribution is -2.31. The predicted octanol–water partition coefficient (Wildman–Crippen LogP) is 2.17. The van der Waals surface area contributed by atoms with Crippen LogP contribution in [0.2, 0.25) is 0 Å². The topological polar surface area (TPSA) is 66.6 Å². The maximum absolute atomic E-state index is 12.0. The van der Waals surface area contributed by atoms with Gasteiger partial charge in [0.2, 0.25) is 11.8 Å². The fourth-order valence-corrected chi connectivity index (χ4v) is 3.19. The van der Waals surface area contributed by atoms with Gasteiger partial charge in [-0.15, -0.1) is 11.8 Å². The van der Waals surface area contributed by atoms with Gasteiger partial charge < -0.3 is 14.4 Å². The van der Waals surface area contributed by atoms with E-state index in [0.717, 1.165) is 11.3 Å². The van der Waals surface area contributed by atoms with E-state index in [1.165, 1.54) is 11.8 Å². The predicted molar refractivity (Wildman–Crippen MR) is 85.3 cm³/mol. The molecule has 1 aliphatic heterocycles. The molecular weight excluding hydrogens is 300 g/mol. The number of hydrogen-bond donors (Lipinski definition) is 1. The molecule has 3 rings (SSSR count). The number of amides is 1. The molecule has 1 N–H and O–H groups in total. The molecular formula is C16H18N2O3S. The molecule has 116 valence electrons. The van der Waals surface area contributed by atoms with Crippen LogP contribution < -0.4 is 0 Å². The minimum absolute atomic E-state index is 0.0772. The SMILES string of the molecule is O=C(CSCc1coc(-c2ccccc2)n1)N1CC[C@@H](O)C1. The van der Waals surface area contributed by atoms with Crippen LogP contribution in [0.25, 0.3) is 11.5 Å². The standard InChI is InChI=1S/C16H18N2O3S/c19-14-6-7-18(8-14)15(20)11-22-10-13-9-21-16(17-13)12-4-2-1-3-5-12/h1-5,9,14,19H,6-8,10-11H2/t14-/m1/s1. The molecule has 0 spiro atoms. The first-order chi connectivity index (χ1) is 10.7. The molecule has 0 saturated carbocycles. The molecule has 1 aromatic heterocycles. The van der Waals surface area contributed by atoms with Gasteiger partial charge >= 0.3 is 0 Å². The minimum Gasteiger partial charge on any atom is -0.444 e. The Bertz CT molecular complexity index is 629. The van der Waals surface area contributed by atoms with Gasteiger partial charge in [0.15, 0.2) is 0 Å². The number of nitrogens with zero attached hydrogens (tertiary/aromatic N) is 2. The quantitative estimate of drug-likeness (QED) is 0.915. The molecule has 22 heavy (non-hydrogen) atoms. The molecule has 5 nitrogen and oxygen atoms in total. The third-order valence-corrected chi connectivity index (χ3v) is 4.52. The van der Waals surface area contributed by atoms with Crippen LogP contribution in [0.5, 0.6) is 0 Å². The average Bonchev–Trinajstić information content (AvgIpc) is 3.17. The smallest absolute Gasteiger partial charge is 0.232 e. The first-order valence-corrected chi connectivity index (χ1v) is 8.41. The second-order valence-electron chi connectivity index (χ2n) is 5.29. The zero-order chi connectivity index (χ0) is 15.4. The molecule has 0 radical (unpaired) electrons. The number of hydrogen-bond acceptors (Lipinski definition) is 5. The number of aliphatic hydroxyl groups is 1. The number of aromatic nitrogens is 1. The molecule has 1 fully saturated rings. The van der Waals surface area contributed by atoms with Crippen LogP contribution in [0, 0.1) is 0 Å². The summed E-state index contributed by atoms with van der Waals surface area (Å²) in [6.07, 6.45) is 1.96. The van der Waals surface area contributed by atoms with E-state index in [1.807, 2.05) is 30.3 Å². The number of rotatable bonds is 5. The summed E-state index contributed by atoms with van der Waals surface area (Å²) in [6.45, 7) is 1.12. The molecule has 2 heterocycles. The number of β-amino-alcohol motifs (C(OH)–C–C–N with tert-alkyl or cyclic N) is 1. The Morgan fingerprint density at radius 2 is 2.23 bits per heavy atom. The van der Waals surface area contributed by atoms with Crippen molar-refractivity contribution in [1.29, 1.82) is 0 Å². The van der Waals surface area contributed by atoms with Gasteiger partial charge in [-0.3, -0.25) is 4.79 Å². The van der Waals surface area contributed by atoms with E-state index in [9.17, 15) is 9.90 Å². The van der Waals surface area contributed by atoms with Crippen LogP contribution in [0.4, 0.5) is 0 Å². The summed E-state index contributed by atoms with van der Waals surface area (Å²) in [5.41, 5.74) is 1.78. The van der Waals surface area contributed by atoms with Crippen molar-refractivity contribution >= 4 is 17.7 Å². The van der Waals surface area contributed by atoms with Gasteiger partial charge in [0.05, 0.1) is 17.6 Å². The summed E-state index contributed by atoms with van der Waals surface area (Å²) < 4.78 is 5.47. The molecule has 1 saturated heterocycles. The Kier molecular flexibility index (Phi) is 4.80. The van der Waals surface area contributed by atoms with Crippen LogP contribution in [-0.2, 0) is 10.5 Å². The molecule has 0 unspecified atom stereocenters. The lowest BCUT2D eigenvalue weighted by atomic mass is 10.2. The fraction of sp³-hybridized carbons (Fsp3) is 0.375. The number of benzene rings is 1. The van der Waals surface area contributed by atoms with E-state index in [4.69, 9.17) is 4.42 Å². The van der Waals surface area contributed by atoms with E-state index >= 15 is 0 Å². The van der Waals surface area contributed by atoms with Crippen molar-refractivity contribution in [3.8, 4) is 11.5 Å². The van der Waals surface area contributed by atoms with Crippen LogP contribution >= 0.6 is 11.8 Å². The second-order valence-corrected chi connectivity index (χ2v) is 6.27. The number of likely N-dealkylation sites (tertiary alicyclic amines) is 1. The van der Waals surface area contributed by atoms with Gasteiger partial charge in [0, 0.05) is 24.4 Å². The highest BCUT2D eigenvalue weighted by atomic mass is 32.2. The first-order valence-electron chi connectivity index (χ1n) is 7.26. The van der Waals surface area contributed by atoms with E-state index < -0.39 is 0 Å². The van der Waals surface area contributed by atoms with Crippen LogP contribution in [0.3, 0.4) is 0 Å². The van der Waals surface area contributed by atoms with Crippen molar-refractivity contribution < 1.29 is 14.3 Å². The number of oxazole rings is 1. The van der Waals surface area contributed by atoms with Crippen LogP contribution in [-0.4, -0.2) is 45.8 Å². The van der Waals surface area contributed by atoms with Gasteiger partial charge in [-0.05, 0) is 18.6 Å². The highest BCUT2D eigenvalue weighted by molar-refractivity contribution is 7.99. The van der Waals surface area contributed by atoms with Crippen molar-refractivity contribution in [1.82, 2.24) is 9.88 Å². The monoisotopic (exact) mass is 318 g/mol. The number of carbonyl (C=O) groups excluding carboxylic acids is 1. The summed E-state index contributed by atoms with van der Waals surface area (Å²) in [4.78, 5) is 18.1. The highest BCUT2D eigenvalue weighted by Crippen LogP contribution is 2.21. The largest absolute Gasteiger partial charge is 0.444 e. The van der Waals surface area contributed by atoms with Crippen molar-refractivity contribution in [2.24, 2.45) is 0 Å². The summed E-state index contributed by atoms with van der Waals surface area (Å²) in [5.74, 6) is 1.72. The molecule has 1 atom stereocenters. The molecule has 1 amide bonds. The lowest BCUT2D eigenvalue weighted by molar-refractivity contribution is -0.127. The molecule has 0 bridgehead atoms. The van der Waals surface area contributed by atoms with Crippen LogP contribution in [0.1, 0.15) is 12.1 Å². The third kappa shape index (κ3) is 3.69. The van der Waals surface area contributed by atoms with Crippen LogP contribution in [0.15, 0.2) is 41.0 Å². The van der Waals surface area contributed by atoms with Gasteiger partial charge in [-0.1, -0.05) is 18.2 Å². The number of thioether (sulfide) groups is 1. The third-order valence-electron chi connectivity index (χ3n) is 3.56. The minimum atomic E-state index is -0.363. The summed E-state index contributed by atoms with van der Waals surface area (Å²) in [6, 6.07) is 9.73. The summed E-state index contributed by atoms with van der Waals surface area (Å²) in [7, 11) is 0. The first kappa shape index (κ1) is 15.1. The second kappa shape index (κ2) is 6.98. The number of carbonyl (C=O) groups is 1. The molecule has 1 aliphatic rings. The van der Waals surface area contributed by atoms with Gasteiger partial charge in [0.25, 0.3) is 0 Å². The van der Waals surface area contributed by atoms with Crippen molar-refractivity contribution in [2.75, 3.05) is 18.8 Å². The summed E-state index contributed by atoms with van der Waals surface area (Å²) in [5, 5.41) is 9.44. The number of aliphatic hydroxyl groups excluding tert-OH is 1. The van der Waals surface area contributed by atoms with Gasteiger partial charge in [-0.2, -0.15) is 0 Å². The van der Waals surface area contributed by atoms with E-state index in [2.05, 4.69) is 4.98 Å². The Morgan fingerprint density at radius 3 is 2.95 bits per heavy atom. The maximum atomic E-state index is 12.0. The zero-order valence-electron chi connectivity index (χ0n) is 12.1. The molecule has 6 heteroatoms. The summed E-state index contributed by atoms with van der Waals surface area (Å²) >= 11 is 1.52. The van der Waals surface area contributed by atoms with E-state index in [0.29, 0.717) is 36.9 Å². The van der Waals surface area contributed by atoms with Crippen molar-refractivity contribution in [2.45, 2.75) is 18.3 Å².